The highest BCUT2D eigenvalue weighted by Crippen LogP contribution is 2.14. The van der Waals surface area contributed by atoms with E-state index in [4.69, 9.17) is 11.6 Å². The summed E-state index contributed by atoms with van der Waals surface area (Å²) in [4.78, 5) is 1.96. The third-order valence-corrected chi connectivity index (χ3v) is 2.32. The van der Waals surface area contributed by atoms with E-state index in [-0.39, 0.29) is 6.61 Å². The molecule has 0 N–H and O–H groups in total. The fourth-order valence-corrected chi connectivity index (χ4v) is 1.36. The Morgan fingerprint density at radius 2 is 1.81 bits per heavy atom. The number of alkyl halides is 4. The molecule has 0 aromatic rings. The molecule has 0 atom stereocenters. The van der Waals surface area contributed by atoms with Crippen molar-refractivity contribution in [2.45, 2.75) is 25.4 Å². The van der Waals surface area contributed by atoms with Gasteiger partial charge in [0.05, 0.1) is 6.61 Å². The number of halogens is 4. The van der Waals surface area contributed by atoms with Crippen molar-refractivity contribution in [3.05, 3.63) is 0 Å². The number of nitrogens with zero attached hydrogens (tertiary/aromatic N) is 1. The Balaban J connectivity index is 3.27. The van der Waals surface area contributed by atoms with Crippen molar-refractivity contribution in [1.82, 2.24) is 4.90 Å². The van der Waals surface area contributed by atoms with E-state index in [1.807, 2.05) is 11.9 Å². The summed E-state index contributed by atoms with van der Waals surface area (Å²) in [5, 5.41) is 0. The van der Waals surface area contributed by atoms with Gasteiger partial charge in [-0.15, -0.1) is 11.6 Å². The molecule has 0 aromatic carbocycles. The van der Waals surface area contributed by atoms with Gasteiger partial charge in [-0.1, -0.05) is 6.42 Å². The molecular formula is C10H19ClF3NO. The summed E-state index contributed by atoms with van der Waals surface area (Å²) in [5.74, 6) is 0.665. The van der Waals surface area contributed by atoms with Gasteiger partial charge in [0.15, 0.2) is 0 Å². The highest BCUT2D eigenvalue weighted by atomic mass is 35.5. The standard InChI is InChI=1S/C10H19ClF3NO/c1-15(6-4-2-3-5-11)7-8-16-9-10(12,13)14/h2-9H2,1H3. The maximum absolute atomic E-state index is 11.7. The second-order valence-corrected chi connectivity index (χ2v) is 4.10. The van der Waals surface area contributed by atoms with Crippen LogP contribution in [-0.4, -0.2) is 50.3 Å². The highest BCUT2D eigenvalue weighted by molar-refractivity contribution is 6.17. The SMILES string of the molecule is CN(CCCCCCl)CCOCC(F)(F)F. The van der Waals surface area contributed by atoms with Crippen LogP contribution < -0.4 is 0 Å². The van der Waals surface area contributed by atoms with Crippen LogP contribution in [0, 0.1) is 0 Å². The lowest BCUT2D eigenvalue weighted by Crippen LogP contribution is -2.26. The lowest BCUT2D eigenvalue weighted by atomic mass is 10.2. The summed E-state index contributed by atoms with van der Waals surface area (Å²) in [5.41, 5.74) is 0. The molecule has 0 radical (unpaired) electrons. The van der Waals surface area contributed by atoms with Crippen LogP contribution in [0.15, 0.2) is 0 Å². The first-order chi connectivity index (χ1) is 7.45. The molecule has 0 heterocycles. The lowest BCUT2D eigenvalue weighted by molar-refractivity contribution is -0.174. The van der Waals surface area contributed by atoms with E-state index in [1.165, 1.54) is 0 Å². The van der Waals surface area contributed by atoms with Gasteiger partial charge < -0.3 is 9.64 Å². The minimum Gasteiger partial charge on any atom is -0.371 e. The van der Waals surface area contributed by atoms with Crippen LogP contribution in [-0.2, 0) is 4.74 Å². The van der Waals surface area contributed by atoms with Crippen LogP contribution in [0.4, 0.5) is 13.2 Å². The Hall–Kier alpha value is -0.0000000000000000555. The summed E-state index contributed by atoms with van der Waals surface area (Å²) in [6.45, 7) is 0.349. The van der Waals surface area contributed by atoms with Gasteiger partial charge in [0.2, 0.25) is 0 Å². The van der Waals surface area contributed by atoms with Crippen molar-refractivity contribution in [3.63, 3.8) is 0 Å². The zero-order chi connectivity index (χ0) is 12.4. The normalized spacial score (nSPS) is 12.4. The maximum atomic E-state index is 11.7. The van der Waals surface area contributed by atoms with Crippen molar-refractivity contribution in [3.8, 4) is 0 Å². The van der Waals surface area contributed by atoms with E-state index in [9.17, 15) is 13.2 Å². The molecule has 0 amide bonds. The molecule has 0 aromatic heterocycles. The lowest BCUT2D eigenvalue weighted by Gasteiger charge is -2.16. The Kier molecular flexibility index (Phi) is 9.07. The van der Waals surface area contributed by atoms with Crippen LogP contribution in [0.3, 0.4) is 0 Å². The van der Waals surface area contributed by atoms with Gasteiger partial charge in [-0.2, -0.15) is 13.2 Å². The first-order valence-corrected chi connectivity index (χ1v) is 5.88. The molecule has 0 fully saturated rings. The van der Waals surface area contributed by atoms with Crippen molar-refractivity contribution in [1.29, 1.82) is 0 Å². The van der Waals surface area contributed by atoms with E-state index in [0.29, 0.717) is 12.4 Å². The summed E-state index contributed by atoms with van der Waals surface area (Å²) in [6.07, 6.45) is -1.17. The predicted molar refractivity (Wildman–Crippen MR) is 58.9 cm³/mol. The Labute approximate surface area is 99.7 Å². The molecule has 0 aliphatic rings. The summed E-state index contributed by atoms with van der Waals surface area (Å²) < 4.78 is 39.7. The zero-order valence-electron chi connectivity index (χ0n) is 9.52. The number of rotatable bonds is 9. The smallest absolute Gasteiger partial charge is 0.371 e. The van der Waals surface area contributed by atoms with E-state index in [0.717, 1.165) is 25.8 Å². The van der Waals surface area contributed by atoms with Crippen molar-refractivity contribution < 1.29 is 17.9 Å². The molecule has 0 aliphatic carbocycles. The number of ether oxygens (including phenoxy) is 1. The molecule has 0 saturated heterocycles. The molecular weight excluding hydrogens is 243 g/mol. The van der Waals surface area contributed by atoms with Crippen LogP contribution in [0.5, 0.6) is 0 Å². The average molecular weight is 262 g/mol. The van der Waals surface area contributed by atoms with Gasteiger partial charge in [-0.3, -0.25) is 0 Å². The first kappa shape index (κ1) is 16.0. The Bertz CT molecular complexity index is 167. The largest absolute Gasteiger partial charge is 0.411 e. The molecule has 0 bridgehead atoms. The van der Waals surface area contributed by atoms with E-state index in [2.05, 4.69) is 4.74 Å². The number of likely N-dealkylation sites (N-methyl/N-ethyl adjacent to an activating group) is 1. The number of hydrogen-bond donors (Lipinski definition) is 0. The number of unbranched alkanes of at least 4 members (excludes halogenated alkanes) is 2. The first-order valence-electron chi connectivity index (χ1n) is 5.34. The third-order valence-electron chi connectivity index (χ3n) is 2.06. The Morgan fingerprint density at radius 1 is 1.12 bits per heavy atom. The topological polar surface area (TPSA) is 12.5 Å². The fourth-order valence-electron chi connectivity index (χ4n) is 1.17. The third kappa shape index (κ3) is 12.1. The van der Waals surface area contributed by atoms with Gasteiger partial charge in [0.25, 0.3) is 0 Å². The average Bonchev–Trinajstić information content (AvgIpc) is 2.18. The molecule has 6 heteroatoms. The van der Waals surface area contributed by atoms with Crippen LogP contribution >= 0.6 is 11.6 Å². The molecule has 0 saturated carbocycles. The minimum atomic E-state index is -4.22. The van der Waals surface area contributed by atoms with Crippen molar-refractivity contribution in [2.24, 2.45) is 0 Å². The molecule has 0 spiro atoms. The Morgan fingerprint density at radius 3 is 2.38 bits per heavy atom. The number of hydrogen-bond acceptors (Lipinski definition) is 2. The zero-order valence-corrected chi connectivity index (χ0v) is 10.3. The molecule has 0 unspecified atom stereocenters. The van der Waals surface area contributed by atoms with E-state index >= 15 is 0 Å². The van der Waals surface area contributed by atoms with Gasteiger partial charge in [-0.25, -0.2) is 0 Å². The van der Waals surface area contributed by atoms with Gasteiger partial charge >= 0.3 is 6.18 Å². The summed E-state index contributed by atoms with van der Waals surface area (Å²) in [7, 11) is 1.87. The van der Waals surface area contributed by atoms with E-state index < -0.39 is 12.8 Å². The second kappa shape index (κ2) is 9.07. The highest BCUT2D eigenvalue weighted by Gasteiger charge is 2.27. The molecule has 2 nitrogen and oxygen atoms in total. The predicted octanol–water partition coefficient (Wildman–Crippen LogP) is 2.91. The van der Waals surface area contributed by atoms with Gasteiger partial charge in [0.1, 0.15) is 6.61 Å². The van der Waals surface area contributed by atoms with Crippen LogP contribution in [0.2, 0.25) is 0 Å². The van der Waals surface area contributed by atoms with Gasteiger partial charge in [-0.05, 0) is 26.4 Å². The monoisotopic (exact) mass is 261 g/mol. The summed E-state index contributed by atoms with van der Waals surface area (Å²) >= 11 is 5.52. The second-order valence-electron chi connectivity index (χ2n) is 3.72. The quantitative estimate of drug-likeness (QED) is 0.467. The molecule has 0 rings (SSSR count). The molecule has 0 aliphatic heterocycles. The van der Waals surface area contributed by atoms with Crippen molar-refractivity contribution >= 4 is 11.6 Å². The molecule has 98 valence electrons. The van der Waals surface area contributed by atoms with E-state index in [1.54, 1.807) is 0 Å². The van der Waals surface area contributed by atoms with Gasteiger partial charge in [0, 0.05) is 12.4 Å². The van der Waals surface area contributed by atoms with Crippen LogP contribution in [0.1, 0.15) is 19.3 Å². The van der Waals surface area contributed by atoms with Crippen molar-refractivity contribution in [2.75, 3.05) is 39.2 Å². The minimum absolute atomic E-state index is 0.117. The van der Waals surface area contributed by atoms with Crippen LogP contribution in [0.25, 0.3) is 0 Å². The maximum Gasteiger partial charge on any atom is 0.411 e. The molecule has 16 heavy (non-hydrogen) atoms. The fraction of sp³-hybridized carbons (Fsp3) is 1.00. The summed E-state index contributed by atoms with van der Waals surface area (Å²) in [6, 6.07) is 0.